The van der Waals surface area contributed by atoms with Crippen LogP contribution in [0.1, 0.15) is 96.3 Å². The molecule has 3 fully saturated rings. The van der Waals surface area contributed by atoms with E-state index in [-0.39, 0.29) is 24.3 Å². The summed E-state index contributed by atoms with van der Waals surface area (Å²) in [5.41, 5.74) is 5.42. The van der Waals surface area contributed by atoms with Crippen LogP contribution in [-0.2, 0) is 22.6 Å². The number of fused-ring (bicyclic) bond motifs is 2. The van der Waals surface area contributed by atoms with E-state index < -0.39 is 11.9 Å². The van der Waals surface area contributed by atoms with Crippen LogP contribution in [-0.4, -0.2) is 70.5 Å². The molecule has 3 heterocycles. The van der Waals surface area contributed by atoms with Crippen molar-refractivity contribution in [3.05, 3.63) is 113 Å². The van der Waals surface area contributed by atoms with Crippen LogP contribution in [0.2, 0.25) is 0 Å². The molecule has 0 spiro atoms. The summed E-state index contributed by atoms with van der Waals surface area (Å²) < 4.78 is 12.6. The van der Waals surface area contributed by atoms with Crippen LogP contribution in [0, 0.1) is 17.8 Å². The number of hydrogen-bond donors (Lipinski definition) is 2. The zero-order chi connectivity index (χ0) is 37.5. The zero-order valence-electron chi connectivity index (χ0n) is 31.4. The number of piperidine rings is 2. The Balaban J connectivity index is 0.717. The predicted molar refractivity (Wildman–Crippen MR) is 209 cm³/mol. The van der Waals surface area contributed by atoms with Crippen LogP contribution in [0.5, 0.6) is 17.2 Å². The van der Waals surface area contributed by atoms with Gasteiger partial charge in [-0.1, -0.05) is 42.5 Å². The maximum atomic E-state index is 13.0. The highest BCUT2D eigenvalue weighted by molar-refractivity contribution is 6.05. The summed E-state index contributed by atoms with van der Waals surface area (Å²) in [7, 11) is 0. The Morgan fingerprint density at radius 3 is 2.44 bits per heavy atom. The van der Waals surface area contributed by atoms with E-state index >= 15 is 0 Å². The molecule has 9 nitrogen and oxygen atoms in total. The van der Waals surface area contributed by atoms with Gasteiger partial charge in [0.25, 0.3) is 5.91 Å². The Bertz CT molecular complexity index is 1990. The molecule has 3 aliphatic carbocycles. The summed E-state index contributed by atoms with van der Waals surface area (Å²) in [5.74, 6) is 3.24. The molecule has 3 amide bonds. The van der Waals surface area contributed by atoms with Crippen LogP contribution >= 0.6 is 0 Å². The number of phenolic OH excluding ortho intramolecular Hbond substituents is 1. The van der Waals surface area contributed by atoms with Crippen molar-refractivity contribution in [2.75, 3.05) is 19.7 Å². The lowest BCUT2D eigenvalue weighted by molar-refractivity contribution is -0.136. The summed E-state index contributed by atoms with van der Waals surface area (Å²) in [4.78, 5) is 41.2. The third kappa shape index (κ3) is 7.43. The van der Waals surface area contributed by atoms with Crippen LogP contribution < -0.4 is 14.8 Å². The fourth-order valence-electron chi connectivity index (χ4n) is 10.1. The summed E-state index contributed by atoms with van der Waals surface area (Å²) >= 11 is 0. The van der Waals surface area contributed by atoms with Gasteiger partial charge in [0, 0.05) is 43.3 Å². The Morgan fingerprint density at radius 2 is 1.65 bits per heavy atom. The van der Waals surface area contributed by atoms with Gasteiger partial charge < -0.3 is 24.4 Å². The number of amides is 3. The van der Waals surface area contributed by atoms with E-state index in [9.17, 15) is 19.5 Å². The lowest BCUT2D eigenvalue weighted by Crippen LogP contribution is -2.52. The van der Waals surface area contributed by atoms with Crippen molar-refractivity contribution in [3.63, 3.8) is 0 Å². The number of nitrogens with zero attached hydrogens (tertiary/aromatic N) is 2. The Hall–Kier alpha value is -4.89. The third-order valence-electron chi connectivity index (χ3n) is 13.3. The smallest absolute Gasteiger partial charge is 0.255 e. The number of ether oxygens (including phenoxy) is 2. The molecule has 55 heavy (non-hydrogen) atoms. The molecule has 1 saturated carbocycles. The van der Waals surface area contributed by atoms with Crippen molar-refractivity contribution in [2.24, 2.45) is 17.8 Å². The third-order valence-corrected chi connectivity index (χ3v) is 13.3. The largest absolute Gasteiger partial charge is 0.508 e. The quantitative estimate of drug-likeness (QED) is 0.214. The van der Waals surface area contributed by atoms with Crippen LogP contribution in [0.3, 0.4) is 0 Å². The number of aromatic hydroxyl groups is 1. The molecule has 2 unspecified atom stereocenters. The molecule has 6 aliphatic rings. The van der Waals surface area contributed by atoms with Gasteiger partial charge in [0.2, 0.25) is 11.8 Å². The van der Waals surface area contributed by atoms with Crippen molar-refractivity contribution in [2.45, 2.75) is 94.9 Å². The number of hydrogen-bond acceptors (Lipinski definition) is 7. The predicted octanol–water partition coefficient (Wildman–Crippen LogP) is 7.07. The van der Waals surface area contributed by atoms with Crippen molar-refractivity contribution in [3.8, 4) is 17.2 Å². The summed E-state index contributed by atoms with van der Waals surface area (Å²) in [6, 6.07) is 20.3. The van der Waals surface area contributed by atoms with Crippen molar-refractivity contribution < 1.29 is 29.0 Å². The van der Waals surface area contributed by atoms with Gasteiger partial charge in [0.15, 0.2) is 0 Å². The normalized spacial score (nSPS) is 28.0. The second-order valence-electron chi connectivity index (χ2n) is 16.5. The van der Waals surface area contributed by atoms with Crippen LogP contribution in [0.4, 0.5) is 0 Å². The lowest BCUT2D eigenvalue weighted by atomic mass is 9.66. The number of nitrogens with one attached hydrogen (secondary N) is 1. The minimum Gasteiger partial charge on any atom is -0.508 e. The fourth-order valence-corrected chi connectivity index (χ4v) is 10.1. The molecule has 0 bridgehead atoms. The van der Waals surface area contributed by atoms with Gasteiger partial charge in [-0.05, 0) is 141 Å². The first kappa shape index (κ1) is 35.8. The monoisotopic (exact) mass is 741 g/mol. The average molecular weight is 742 g/mol. The number of likely N-dealkylation sites (tertiary alicyclic amines) is 1. The van der Waals surface area contributed by atoms with Crippen molar-refractivity contribution in [1.82, 2.24) is 15.1 Å². The summed E-state index contributed by atoms with van der Waals surface area (Å²) in [6.45, 7) is 3.31. The van der Waals surface area contributed by atoms with Gasteiger partial charge >= 0.3 is 0 Å². The number of allylic oxidation sites excluding steroid dienone is 4. The molecule has 9 heteroatoms. The number of rotatable bonds is 10. The Kier molecular flexibility index (Phi) is 9.98. The first-order chi connectivity index (χ1) is 26.9. The van der Waals surface area contributed by atoms with Gasteiger partial charge in [-0.3, -0.25) is 19.7 Å². The van der Waals surface area contributed by atoms with Crippen LogP contribution in [0.25, 0.3) is 0 Å². The minimum atomic E-state index is -0.608. The zero-order valence-corrected chi connectivity index (χ0v) is 31.4. The maximum Gasteiger partial charge on any atom is 0.255 e. The highest BCUT2D eigenvalue weighted by atomic mass is 16.5. The highest BCUT2D eigenvalue weighted by Crippen LogP contribution is 2.47. The molecular formula is C46H51N3O6. The number of benzene rings is 3. The van der Waals surface area contributed by atoms with Gasteiger partial charge in [-0.25, -0.2) is 0 Å². The number of carbonyl (C=O) groups excluding carboxylic acids is 3. The molecular weight excluding hydrogens is 691 g/mol. The Labute approximate surface area is 323 Å². The van der Waals surface area contributed by atoms with E-state index in [1.54, 1.807) is 4.90 Å². The highest BCUT2D eigenvalue weighted by Gasteiger charge is 2.41. The van der Waals surface area contributed by atoms with Crippen LogP contribution in [0.15, 0.2) is 85.0 Å². The fraction of sp³-hybridized carbons (Fsp3) is 0.457. The molecule has 3 aliphatic heterocycles. The van der Waals surface area contributed by atoms with E-state index in [1.807, 2.05) is 30.3 Å². The molecule has 286 valence electrons. The first-order valence-electron chi connectivity index (χ1n) is 20.4. The summed E-state index contributed by atoms with van der Waals surface area (Å²) in [6.07, 6.45) is 18.5. The molecule has 3 aromatic rings. The molecule has 0 aromatic heterocycles. The van der Waals surface area contributed by atoms with Gasteiger partial charge in [0.05, 0.1) is 6.61 Å². The van der Waals surface area contributed by atoms with E-state index in [0.29, 0.717) is 54.0 Å². The summed E-state index contributed by atoms with van der Waals surface area (Å²) in [5, 5.41) is 12.5. The van der Waals surface area contributed by atoms with Crippen molar-refractivity contribution >= 4 is 17.7 Å². The SMILES string of the molecule is O=C1CCC(N2Cc3cc(OC4CC(N5CCC(CCOc6ccc([C@@H]7c8ccc(O)cc8CC[C@@H]7C7C=CC=CC7)cc6)CC5)C4)ccc3C2=O)C(=O)N1. The van der Waals surface area contributed by atoms with Gasteiger partial charge in [-0.2, -0.15) is 0 Å². The topological polar surface area (TPSA) is 108 Å². The molecule has 3 aromatic carbocycles. The molecule has 4 atom stereocenters. The standard InChI is InChI=1S/C46H51N3O6/c50-35-9-14-40-32(24-35)8-13-39(30-4-2-1-3-5-30)44(40)31-6-10-36(11-7-31)54-23-20-29-18-21-48(22-19-29)34-26-38(27-34)55-37-12-15-41-33(25-37)28-49(46(41)53)42-16-17-43(51)47-45(42)52/h1-4,6-7,9-12,14-15,24-25,29-30,34,38-39,42,44,50H,5,8,13,16-23,26-28H2,(H,47,51,52)/t30?,34?,38?,39-,42?,44+/m1/s1. The van der Waals surface area contributed by atoms with E-state index in [0.717, 1.165) is 75.3 Å². The second-order valence-corrected chi connectivity index (χ2v) is 16.5. The molecule has 2 N–H and O–H groups in total. The van der Waals surface area contributed by atoms with E-state index in [1.165, 1.54) is 29.5 Å². The maximum absolute atomic E-state index is 13.0. The van der Waals surface area contributed by atoms with Crippen molar-refractivity contribution in [1.29, 1.82) is 0 Å². The first-order valence-corrected chi connectivity index (χ1v) is 20.4. The average Bonchev–Trinajstić information content (AvgIpc) is 3.51. The molecule has 2 saturated heterocycles. The van der Waals surface area contributed by atoms with E-state index in [2.05, 4.69) is 64.9 Å². The number of aryl methyl sites for hydroxylation is 1. The number of imide groups is 1. The number of carbonyl (C=O) groups is 3. The van der Waals surface area contributed by atoms with E-state index in [4.69, 9.17) is 9.47 Å². The Morgan fingerprint density at radius 1 is 0.836 bits per heavy atom. The molecule has 0 radical (unpaired) electrons. The lowest BCUT2D eigenvalue weighted by Gasteiger charge is -2.45. The second kappa shape index (κ2) is 15.3. The molecule has 9 rings (SSSR count). The number of phenols is 1. The minimum absolute atomic E-state index is 0.160. The van der Waals surface area contributed by atoms with Gasteiger partial charge in [0.1, 0.15) is 29.4 Å². The van der Waals surface area contributed by atoms with Gasteiger partial charge in [-0.15, -0.1) is 0 Å².